The summed E-state index contributed by atoms with van der Waals surface area (Å²) < 4.78 is 0. The molecule has 1 aliphatic rings. The Bertz CT molecular complexity index is 434. The molecule has 1 N–H and O–H groups in total. The van der Waals surface area contributed by atoms with E-state index in [4.69, 9.17) is 0 Å². The SMILES string of the molecule is Cc1ccc(C2C(=O)N=CNC2=O)cc1. The number of aliphatic imine (C=N–C) groups is 1. The van der Waals surface area contributed by atoms with Crippen molar-refractivity contribution in [2.24, 2.45) is 4.99 Å². The molecule has 4 heteroatoms. The molecule has 1 aromatic rings. The van der Waals surface area contributed by atoms with Gasteiger partial charge in [0.1, 0.15) is 5.92 Å². The number of hydrogen-bond donors (Lipinski definition) is 1. The number of rotatable bonds is 1. The summed E-state index contributed by atoms with van der Waals surface area (Å²) in [4.78, 5) is 26.5. The second kappa shape index (κ2) is 3.65. The van der Waals surface area contributed by atoms with Crippen molar-refractivity contribution < 1.29 is 9.59 Å². The first-order valence-corrected chi connectivity index (χ1v) is 4.62. The molecule has 1 aliphatic heterocycles. The standard InChI is InChI=1S/C11H10N2O2/c1-7-2-4-8(5-3-7)9-10(14)12-6-13-11(9)15/h2-6,9H,1H3,(H,12,13,14,15). The Kier molecular flexibility index (Phi) is 2.33. The third-order valence-electron chi connectivity index (χ3n) is 2.32. The number of carbonyl (C=O) groups is 2. The fourth-order valence-electron chi connectivity index (χ4n) is 1.48. The van der Waals surface area contributed by atoms with Crippen LogP contribution in [-0.2, 0) is 9.59 Å². The van der Waals surface area contributed by atoms with Crippen LogP contribution in [-0.4, -0.2) is 18.2 Å². The molecule has 0 saturated heterocycles. The molecule has 0 bridgehead atoms. The molecule has 0 radical (unpaired) electrons. The van der Waals surface area contributed by atoms with Gasteiger partial charge in [-0.05, 0) is 12.5 Å². The van der Waals surface area contributed by atoms with Crippen molar-refractivity contribution in [2.45, 2.75) is 12.8 Å². The molecule has 2 rings (SSSR count). The largest absolute Gasteiger partial charge is 0.316 e. The molecule has 1 heterocycles. The molecule has 1 atom stereocenters. The first-order chi connectivity index (χ1) is 7.18. The van der Waals surface area contributed by atoms with Crippen LogP contribution in [0.15, 0.2) is 29.3 Å². The summed E-state index contributed by atoms with van der Waals surface area (Å²) in [6, 6.07) is 7.29. The summed E-state index contributed by atoms with van der Waals surface area (Å²) in [6.45, 7) is 1.95. The monoisotopic (exact) mass is 202 g/mol. The lowest BCUT2D eigenvalue weighted by molar-refractivity contribution is -0.129. The summed E-state index contributed by atoms with van der Waals surface area (Å²) >= 11 is 0. The van der Waals surface area contributed by atoms with Gasteiger partial charge in [0.2, 0.25) is 5.91 Å². The summed E-state index contributed by atoms with van der Waals surface area (Å²) in [7, 11) is 0. The Morgan fingerprint density at radius 3 is 2.47 bits per heavy atom. The van der Waals surface area contributed by atoms with Crippen molar-refractivity contribution >= 4 is 18.2 Å². The highest BCUT2D eigenvalue weighted by Crippen LogP contribution is 2.19. The third kappa shape index (κ3) is 1.79. The number of nitrogens with one attached hydrogen (secondary N) is 1. The third-order valence-corrected chi connectivity index (χ3v) is 2.32. The molecular formula is C11H10N2O2. The van der Waals surface area contributed by atoms with Crippen molar-refractivity contribution in [1.29, 1.82) is 0 Å². The van der Waals surface area contributed by atoms with E-state index < -0.39 is 11.8 Å². The van der Waals surface area contributed by atoms with E-state index in [1.165, 1.54) is 0 Å². The van der Waals surface area contributed by atoms with E-state index in [1.54, 1.807) is 12.1 Å². The Balaban J connectivity index is 2.37. The average Bonchev–Trinajstić information content (AvgIpc) is 2.20. The number of benzene rings is 1. The van der Waals surface area contributed by atoms with Gasteiger partial charge in [0, 0.05) is 0 Å². The van der Waals surface area contributed by atoms with E-state index >= 15 is 0 Å². The Morgan fingerprint density at radius 1 is 1.20 bits per heavy atom. The van der Waals surface area contributed by atoms with Gasteiger partial charge in [-0.25, -0.2) is 4.99 Å². The maximum Gasteiger partial charge on any atom is 0.264 e. The van der Waals surface area contributed by atoms with Crippen molar-refractivity contribution in [2.75, 3.05) is 0 Å². The van der Waals surface area contributed by atoms with Crippen LogP contribution in [0.5, 0.6) is 0 Å². The van der Waals surface area contributed by atoms with Gasteiger partial charge >= 0.3 is 0 Å². The van der Waals surface area contributed by atoms with Crippen LogP contribution in [0.2, 0.25) is 0 Å². The maximum atomic E-state index is 11.5. The molecule has 0 spiro atoms. The normalized spacial score (nSPS) is 20.2. The number of hydrogen-bond acceptors (Lipinski definition) is 2. The number of nitrogens with zero attached hydrogens (tertiary/aromatic N) is 1. The molecule has 1 aromatic carbocycles. The van der Waals surface area contributed by atoms with Crippen LogP contribution in [0, 0.1) is 6.92 Å². The number of amides is 2. The zero-order valence-electron chi connectivity index (χ0n) is 8.23. The fourth-order valence-corrected chi connectivity index (χ4v) is 1.48. The van der Waals surface area contributed by atoms with Crippen LogP contribution in [0.1, 0.15) is 17.0 Å². The van der Waals surface area contributed by atoms with Crippen molar-refractivity contribution in [3.05, 3.63) is 35.4 Å². The van der Waals surface area contributed by atoms with E-state index in [0.29, 0.717) is 5.56 Å². The van der Waals surface area contributed by atoms with Crippen molar-refractivity contribution in [3.8, 4) is 0 Å². The van der Waals surface area contributed by atoms with Crippen molar-refractivity contribution in [3.63, 3.8) is 0 Å². The predicted molar refractivity (Wildman–Crippen MR) is 55.6 cm³/mol. The molecule has 0 aromatic heterocycles. The molecule has 76 valence electrons. The first kappa shape index (κ1) is 9.58. The van der Waals surface area contributed by atoms with E-state index in [2.05, 4.69) is 10.3 Å². The van der Waals surface area contributed by atoms with Crippen LogP contribution in [0.25, 0.3) is 0 Å². The van der Waals surface area contributed by atoms with Gasteiger partial charge in [-0.1, -0.05) is 29.8 Å². The van der Waals surface area contributed by atoms with Crippen molar-refractivity contribution in [1.82, 2.24) is 5.32 Å². The minimum Gasteiger partial charge on any atom is -0.316 e. The predicted octanol–water partition coefficient (Wildman–Crippen LogP) is 0.763. The van der Waals surface area contributed by atoms with Gasteiger partial charge in [-0.3, -0.25) is 9.59 Å². The van der Waals surface area contributed by atoms with Crippen LogP contribution >= 0.6 is 0 Å². The molecule has 0 saturated carbocycles. The summed E-state index contributed by atoms with van der Waals surface area (Å²) in [6.07, 6.45) is 1.13. The molecule has 0 fully saturated rings. The quantitative estimate of drug-likeness (QED) is 0.683. The topological polar surface area (TPSA) is 58.5 Å². The lowest BCUT2D eigenvalue weighted by atomic mass is 9.96. The molecule has 4 nitrogen and oxygen atoms in total. The summed E-state index contributed by atoms with van der Waals surface area (Å²) in [5.41, 5.74) is 1.77. The van der Waals surface area contributed by atoms with Crippen LogP contribution < -0.4 is 5.32 Å². The number of aryl methyl sites for hydroxylation is 1. The molecule has 0 aliphatic carbocycles. The summed E-state index contributed by atoms with van der Waals surface area (Å²) in [5, 5.41) is 2.42. The van der Waals surface area contributed by atoms with E-state index in [1.807, 2.05) is 19.1 Å². The second-order valence-electron chi connectivity index (χ2n) is 3.45. The Morgan fingerprint density at radius 2 is 1.87 bits per heavy atom. The lowest BCUT2D eigenvalue weighted by Crippen LogP contribution is -2.36. The van der Waals surface area contributed by atoms with Gasteiger partial charge in [0.25, 0.3) is 5.91 Å². The minimum absolute atomic E-state index is 0.321. The van der Waals surface area contributed by atoms with Gasteiger partial charge < -0.3 is 5.32 Å². The van der Waals surface area contributed by atoms with Gasteiger partial charge in [0.15, 0.2) is 0 Å². The molecule has 1 unspecified atom stereocenters. The fraction of sp³-hybridized carbons (Fsp3) is 0.182. The zero-order chi connectivity index (χ0) is 10.8. The molecule has 2 amide bonds. The Labute approximate surface area is 87.0 Å². The zero-order valence-corrected chi connectivity index (χ0v) is 8.23. The lowest BCUT2D eigenvalue weighted by Gasteiger charge is -2.15. The smallest absolute Gasteiger partial charge is 0.264 e. The summed E-state index contributed by atoms with van der Waals surface area (Å²) in [5.74, 6) is -1.53. The van der Waals surface area contributed by atoms with Crippen LogP contribution in [0.4, 0.5) is 0 Å². The molecular weight excluding hydrogens is 192 g/mol. The van der Waals surface area contributed by atoms with Gasteiger partial charge in [-0.2, -0.15) is 0 Å². The highest BCUT2D eigenvalue weighted by atomic mass is 16.2. The van der Waals surface area contributed by atoms with Gasteiger partial charge in [0.05, 0.1) is 6.34 Å². The van der Waals surface area contributed by atoms with E-state index in [-0.39, 0.29) is 5.91 Å². The highest BCUT2D eigenvalue weighted by molar-refractivity contribution is 6.14. The second-order valence-corrected chi connectivity index (χ2v) is 3.45. The van der Waals surface area contributed by atoms with E-state index in [0.717, 1.165) is 11.9 Å². The van der Waals surface area contributed by atoms with Gasteiger partial charge in [-0.15, -0.1) is 0 Å². The molecule has 15 heavy (non-hydrogen) atoms. The highest BCUT2D eigenvalue weighted by Gasteiger charge is 2.29. The first-order valence-electron chi connectivity index (χ1n) is 4.62. The van der Waals surface area contributed by atoms with E-state index in [9.17, 15) is 9.59 Å². The number of carbonyl (C=O) groups excluding carboxylic acids is 2. The van der Waals surface area contributed by atoms with Crippen LogP contribution in [0.3, 0.4) is 0 Å². The average molecular weight is 202 g/mol. The Hall–Kier alpha value is -1.97. The minimum atomic E-state index is -0.796. The maximum absolute atomic E-state index is 11.5.